The van der Waals surface area contributed by atoms with Gasteiger partial charge < -0.3 is 14.8 Å². The highest BCUT2D eigenvalue weighted by atomic mass is 16.5. The van der Waals surface area contributed by atoms with Crippen LogP contribution in [0.1, 0.15) is 10.4 Å². The maximum atomic E-state index is 12.3. The predicted octanol–water partition coefficient (Wildman–Crippen LogP) is 1.23. The second-order valence-corrected chi connectivity index (χ2v) is 5.21. The number of fused-ring (bicyclic) bond motifs is 1. The van der Waals surface area contributed by atoms with Gasteiger partial charge in [0, 0.05) is 11.9 Å². The fourth-order valence-corrected chi connectivity index (χ4v) is 2.38. The van der Waals surface area contributed by atoms with E-state index in [9.17, 15) is 14.4 Å². The van der Waals surface area contributed by atoms with Gasteiger partial charge >= 0.3 is 5.97 Å². The van der Waals surface area contributed by atoms with Crippen LogP contribution < -0.4 is 15.0 Å². The number of anilines is 2. The highest BCUT2D eigenvalue weighted by Crippen LogP contribution is 2.28. The lowest BCUT2D eigenvalue weighted by Crippen LogP contribution is -2.43. The van der Waals surface area contributed by atoms with Crippen LogP contribution >= 0.6 is 0 Å². The van der Waals surface area contributed by atoms with Crippen LogP contribution in [0.2, 0.25) is 0 Å². The fraction of sp³-hybridized carbons (Fsp3) is 0.176. The van der Waals surface area contributed by atoms with Crippen LogP contribution in [0.25, 0.3) is 0 Å². The Labute approximate surface area is 143 Å². The third kappa shape index (κ3) is 3.57. The minimum absolute atomic E-state index is 0.149. The van der Waals surface area contributed by atoms with Gasteiger partial charge in [0.1, 0.15) is 6.54 Å². The van der Waals surface area contributed by atoms with E-state index in [0.717, 1.165) is 0 Å². The van der Waals surface area contributed by atoms with Crippen molar-refractivity contribution in [2.45, 2.75) is 0 Å². The first kappa shape index (κ1) is 16.4. The molecule has 0 saturated carbocycles. The molecule has 2 amide bonds. The van der Waals surface area contributed by atoms with E-state index >= 15 is 0 Å². The lowest BCUT2D eigenvalue weighted by molar-refractivity contribution is -0.123. The first-order valence-electron chi connectivity index (χ1n) is 7.45. The molecule has 1 aliphatic rings. The molecule has 0 atom stereocenters. The Morgan fingerprint density at radius 1 is 1.32 bits per heavy atom. The Morgan fingerprint density at radius 3 is 2.96 bits per heavy atom. The van der Waals surface area contributed by atoms with Crippen molar-refractivity contribution >= 4 is 29.3 Å². The zero-order chi connectivity index (χ0) is 17.8. The van der Waals surface area contributed by atoms with Gasteiger partial charge in [-0.15, -0.1) is 0 Å². The summed E-state index contributed by atoms with van der Waals surface area (Å²) in [6, 6.07) is 9.70. The lowest BCUT2D eigenvalue weighted by atomic mass is 10.2. The van der Waals surface area contributed by atoms with E-state index in [0.29, 0.717) is 22.8 Å². The van der Waals surface area contributed by atoms with E-state index in [1.165, 1.54) is 24.3 Å². The molecule has 1 aromatic carbocycles. The summed E-state index contributed by atoms with van der Waals surface area (Å²) in [5.41, 5.74) is 0.740. The van der Waals surface area contributed by atoms with Crippen LogP contribution in [-0.2, 0) is 14.3 Å². The van der Waals surface area contributed by atoms with Crippen LogP contribution in [-0.4, -0.2) is 43.0 Å². The van der Waals surface area contributed by atoms with Gasteiger partial charge in [0.05, 0.1) is 12.7 Å². The first-order chi connectivity index (χ1) is 12.1. The summed E-state index contributed by atoms with van der Waals surface area (Å²) in [5, 5.41) is 2.65. The van der Waals surface area contributed by atoms with Gasteiger partial charge in [-0.1, -0.05) is 6.07 Å². The number of nitrogens with zero attached hydrogens (tertiary/aromatic N) is 2. The molecular formula is C17H15N3O5. The number of benzene rings is 1. The Morgan fingerprint density at radius 2 is 2.16 bits per heavy atom. The summed E-state index contributed by atoms with van der Waals surface area (Å²) in [4.78, 5) is 41.2. The van der Waals surface area contributed by atoms with E-state index in [1.807, 2.05) is 0 Å². The quantitative estimate of drug-likeness (QED) is 0.840. The van der Waals surface area contributed by atoms with Crippen LogP contribution in [0, 0.1) is 0 Å². The molecule has 0 fully saturated rings. The largest absolute Gasteiger partial charge is 0.480 e. The number of rotatable bonds is 4. The number of amides is 2. The number of ether oxygens (including phenoxy) is 2. The van der Waals surface area contributed by atoms with E-state index in [2.05, 4.69) is 15.0 Å². The van der Waals surface area contributed by atoms with E-state index < -0.39 is 11.9 Å². The highest BCUT2D eigenvalue weighted by Gasteiger charge is 2.28. The Kier molecular flexibility index (Phi) is 4.60. The first-order valence-corrected chi connectivity index (χ1v) is 7.45. The Bertz CT molecular complexity index is 837. The molecule has 0 saturated heterocycles. The molecule has 0 spiro atoms. The van der Waals surface area contributed by atoms with Crippen molar-refractivity contribution in [2.75, 3.05) is 30.5 Å². The number of esters is 1. The number of methoxy groups -OCH3 is 1. The lowest BCUT2D eigenvalue weighted by Gasteiger charge is -2.27. The predicted molar refractivity (Wildman–Crippen MR) is 88.5 cm³/mol. The zero-order valence-electron chi connectivity index (χ0n) is 13.4. The van der Waals surface area contributed by atoms with E-state index in [-0.39, 0.29) is 19.1 Å². The molecule has 0 aliphatic carbocycles. The topological polar surface area (TPSA) is 97.8 Å². The number of carbonyl (C=O) groups is 3. The van der Waals surface area contributed by atoms with Gasteiger partial charge in [-0.25, -0.2) is 9.78 Å². The normalized spacial score (nSPS) is 12.8. The SMILES string of the molecule is COC(=O)c1cccc(NC(=O)CN2C(=O)COc3cccnc32)c1. The van der Waals surface area contributed by atoms with Crippen LogP contribution in [0.15, 0.2) is 42.6 Å². The Balaban J connectivity index is 1.73. The molecule has 0 radical (unpaired) electrons. The minimum atomic E-state index is -0.502. The average molecular weight is 341 g/mol. The third-order valence-corrected chi connectivity index (χ3v) is 3.53. The van der Waals surface area contributed by atoms with Crippen molar-refractivity contribution in [3.63, 3.8) is 0 Å². The van der Waals surface area contributed by atoms with Crippen molar-refractivity contribution in [2.24, 2.45) is 0 Å². The van der Waals surface area contributed by atoms with Crippen molar-refractivity contribution in [1.29, 1.82) is 0 Å². The van der Waals surface area contributed by atoms with Crippen LogP contribution in [0.5, 0.6) is 5.75 Å². The molecule has 0 bridgehead atoms. The second kappa shape index (κ2) is 7.00. The van der Waals surface area contributed by atoms with Gasteiger partial charge in [0.2, 0.25) is 5.91 Å². The maximum absolute atomic E-state index is 12.3. The molecule has 1 N–H and O–H groups in total. The molecule has 3 rings (SSSR count). The standard InChI is InChI=1S/C17H15N3O5/c1-24-17(23)11-4-2-5-12(8-11)19-14(21)9-20-15(22)10-25-13-6-3-7-18-16(13)20/h2-8H,9-10H2,1H3,(H,19,21). The van der Waals surface area contributed by atoms with Crippen molar-refractivity contribution in [3.05, 3.63) is 48.2 Å². The number of aromatic nitrogens is 1. The minimum Gasteiger partial charge on any atom is -0.480 e. The number of hydrogen-bond donors (Lipinski definition) is 1. The smallest absolute Gasteiger partial charge is 0.337 e. The summed E-state index contributed by atoms with van der Waals surface area (Å²) in [7, 11) is 1.28. The van der Waals surface area contributed by atoms with Gasteiger partial charge in [0.25, 0.3) is 5.91 Å². The average Bonchev–Trinajstić information content (AvgIpc) is 2.63. The number of hydrogen-bond acceptors (Lipinski definition) is 6. The molecule has 8 heteroatoms. The van der Waals surface area contributed by atoms with Gasteiger partial charge in [0.15, 0.2) is 18.2 Å². The summed E-state index contributed by atoms with van der Waals surface area (Å²) in [6.45, 7) is -0.363. The van der Waals surface area contributed by atoms with Crippen molar-refractivity contribution < 1.29 is 23.9 Å². The fourth-order valence-electron chi connectivity index (χ4n) is 2.38. The zero-order valence-corrected chi connectivity index (χ0v) is 13.4. The summed E-state index contributed by atoms with van der Waals surface area (Å²) in [5.74, 6) is -0.532. The van der Waals surface area contributed by atoms with Gasteiger partial charge in [-0.2, -0.15) is 0 Å². The maximum Gasteiger partial charge on any atom is 0.337 e. The van der Waals surface area contributed by atoms with Gasteiger partial charge in [-0.05, 0) is 30.3 Å². The molecule has 2 aromatic rings. The molecule has 25 heavy (non-hydrogen) atoms. The van der Waals surface area contributed by atoms with E-state index in [1.54, 1.807) is 30.3 Å². The molecule has 1 aromatic heterocycles. The molecule has 1 aliphatic heterocycles. The molecule has 128 valence electrons. The van der Waals surface area contributed by atoms with Gasteiger partial charge in [-0.3, -0.25) is 14.5 Å². The monoisotopic (exact) mass is 341 g/mol. The summed E-state index contributed by atoms with van der Waals surface area (Å²) < 4.78 is 9.93. The third-order valence-electron chi connectivity index (χ3n) is 3.53. The molecule has 8 nitrogen and oxygen atoms in total. The van der Waals surface area contributed by atoms with E-state index in [4.69, 9.17) is 4.74 Å². The number of carbonyl (C=O) groups excluding carboxylic acids is 3. The molecular weight excluding hydrogens is 326 g/mol. The van der Waals surface area contributed by atoms with Crippen molar-refractivity contribution in [1.82, 2.24) is 4.98 Å². The molecule has 2 heterocycles. The second-order valence-electron chi connectivity index (χ2n) is 5.21. The number of nitrogens with one attached hydrogen (secondary N) is 1. The summed E-state index contributed by atoms with van der Waals surface area (Å²) in [6.07, 6.45) is 1.52. The Hall–Kier alpha value is -3.42. The summed E-state index contributed by atoms with van der Waals surface area (Å²) >= 11 is 0. The van der Waals surface area contributed by atoms with Crippen LogP contribution in [0.4, 0.5) is 11.5 Å². The molecule has 0 unspecified atom stereocenters. The number of pyridine rings is 1. The van der Waals surface area contributed by atoms with Crippen LogP contribution in [0.3, 0.4) is 0 Å². The van der Waals surface area contributed by atoms with Crippen molar-refractivity contribution in [3.8, 4) is 5.75 Å². The highest BCUT2D eigenvalue weighted by molar-refractivity contribution is 6.04.